The minimum atomic E-state index is 0.786. The molecule has 2 aromatic heterocycles. The maximum atomic E-state index is 3.79. The molecule has 56 heavy (non-hydrogen) atoms. The number of aromatic nitrogens is 2. The summed E-state index contributed by atoms with van der Waals surface area (Å²) in [5.41, 5.74) is 14.0. The largest absolute Gasteiger partial charge is 0.313 e. The molecule has 0 amide bonds. The lowest BCUT2D eigenvalue weighted by Gasteiger charge is -2.25. The van der Waals surface area contributed by atoms with Gasteiger partial charge < -0.3 is 9.13 Å². The third kappa shape index (κ3) is 8.68. The highest BCUT2D eigenvalue weighted by Gasteiger charge is 2.28. The number of benzene rings is 4. The molecule has 2 unspecified atom stereocenters. The van der Waals surface area contributed by atoms with E-state index in [4.69, 9.17) is 0 Å². The van der Waals surface area contributed by atoms with Crippen molar-refractivity contribution in [3.8, 4) is 22.5 Å². The quantitative estimate of drug-likeness (QED) is 0.0808. The predicted octanol–water partition coefficient (Wildman–Crippen LogP) is 16.5. The van der Waals surface area contributed by atoms with E-state index in [9.17, 15) is 0 Å². The number of unbranched alkanes of at least 4 members (excludes halogenated alkanes) is 10. The number of halogens is 2. The van der Waals surface area contributed by atoms with Crippen LogP contribution >= 0.6 is 31.9 Å². The second-order valence-corrected chi connectivity index (χ2v) is 19.1. The van der Waals surface area contributed by atoms with Gasteiger partial charge in [0.25, 0.3) is 0 Å². The second-order valence-electron chi connectivity index (χ2n) is 17.3. The van der Waals surface area contributed by atoms with Crippen LogP contribution in [-0.2, 0) is 25.7 Å². The van der Waals surface area contributed by atoms with E-state index in [1.54, 1.807) is 22.5 Å². The van der Waals surface area contributed by atoms with Gasteiger partial charge in [0.2, 0.25) is 0 Å². The zero-order chi connectivity index (χ0) is 38.4. The van der Waals surface area contributed by atoms with Crippen molar-refractivity contribution < 1.29 is 0 Å². The van der Waals surface area contributed by atoms with Gasteiger partial charge in [-0.1, -0.05) is 160 Å². The molecule has 0 saturated carbocycles. The van der Waals surface area contributed by atoms with E-state index in [-0.39, 0.29) is 0 Å². The Bertz CT molecular complexity index is 2060. The summed E-state index contributed by atoms with van der Waals surface area (Å²) in [5, 5.41) is 2.85. The summed E-state index contributed by atoms with van der Waals surface area (Å²) in [6.07, 6.45) is 26.7. The Labute approximate surface area is 353 Å². The Balaban J connectivity index is 1.02. The molecular formula is C52H62Br2N2. The Morgan fingerprint density at radius 2 is 0.875 bits per heavy atom. The number of rotatable bonds is 17. The first-order valence-electron chi connectivity index (χ1n) is 22.4. The Kier molecular flexibility index (Phi) is 13.2. The van der Waals surface area contributed by atoms with Crippen molar-refractivity contribution in [2.75, 3.05) is 0 Å². The van der Waals surface area contributed by atoms with Crippen LogP contribution in [0.4, 0.5) is 0 Å². The molecule has 2 nitrogen and oxygen atoms in total. The minimum Gasteiger partial charge on any atom is -0.313 e. The summed E-state index contributed by atoms with van der Waals surface area (Å²) in [6, 6.07) is 32.6. The third-order valence-corrected chi connectivity index (χ3v) is 14.4. The topological polar surface area (TPSA) is 9.86 Å². The molecule has 0 spiro atoms. The second kappa shape index (κ2) is 18.7. The van der Waals surface area contributed by atoms with Crippen molar-refractivity contribution in [3.05, 3.63) is 116 Å². The molecule has 2 atom stereocenters. The van der Waals surface area contributed by atoms with Gasteiger partial charge in [-0.25, -0.2) is 0 Å². The fourth-order valence-corrected chi connectivity index (χ4v) is 11.0. The van der Waals surface area contributed by atoms with Gasteiger partial charge >= 0.3 is 0 Å². The lowest BCUT2D eigenvalue weighted by atomic mass is 9.83. The number of nitrogens with zero attached hydrogens (tertiary/aromatic N) is 2. The van der Waals surface area contributed by atoms with Crippen LogP contribution in [-0.4, -0.2) is 9.13 Å². The fourth-order valence-electron chi connectivity index (χ4n) is 10.3. The van der Waals surface area contributed by atoms with E-state index in [1.165, 1.54) is 182 Å². The normalized spacial score (nSPS) is 16.8. The minimum absolute atomic E-state index is 0.786. The SMILES string of the molecule is CCCCCCCCC1CCc2c(n(-c3ccc(-c4ccc(-n5c6c(c7cc(Br)ccc75)CCC(CCCCCCCC)C6)cc4)cc3)c3ccc(Br)cc23)C1. The van der Waals surface area contributed by atoms with Crippen LogP contribution in [0.5, 0.6) is 0 Å². The maximum absolute atomic E-state index is 3.79. The van der Waals surface area contributed by atoms with Gasteiger partial charge in [-0.15, -0.1) is 0 Å². The molecule has 0 bridgehead atoms. The Hall–Kier alpha value is -3.08. The number of fused-ring (bicyclic) bond motifs is 6. The van der Waals surface area contributed by atoms with Crippen LogP contribution in [0, 0.1) is 11.8 Å². The smallest absolute Gasteiger partial charge is 0.0535 e. The lowest BCUT2D eigenvalue weighted by molar-refractivity contribution is 0.399. The molecule has 0 aliphatic heterocycles. The first kappa shape index (κ1) is 39.7. The Morgan fingerprint density at radius 3 is 1.29 bits per heavy atom. The van der Waals surface area contributed by atoms with Gasteiger partial charge in [0.1, 0.15) is 0 Å². The highest BCUT2D eigenvalue weighted by molar-refractivity contribution is 9.10. The molecule has 2 aliphatic rings. The molecule has 0 N–H and O–H groups in total. The molecule has 6 aromatic rings. The van der Waals surface area contributed by atoms with Gasteiger partial charge in [-0.2, -0.15) is 0 Å². The van der Waals surface area contributed by atoms with E-state index in [2.05, 4.69) is 140 Å². The van der Waals surface area contributed by atoms with Crippen molar-refractivity contribution in [3.63, 3.8) is 0 Å². The van der Waals surface area contributed by atoms with Crippen LogP contribution in [0.25, 0.3) is 44.3 Å². The van der Waals surface area contributed by atoms with Crippen LogP contribution in [0.1, 0.15) is 139 Å². The molecule has 0 saturated heterocycles. The Morgan fingerprint density at radius 1 is 0.482 bits per heavy atom. The van der Waals surface area contributed by atoms with Crippen molar-refractivity contribution in [1.82, 2.24) is 9.13 Å². The zero-order valence-electron chi connectivity index (χ0n) is 34.0. The fraction of sp³-hybridized carbons (Fsp3) is 0.462. The monoisotopic (exact) mass is 872 g/mol. The van der Waals surface area contributed by atoms with Crippen LogP contribution < -0.4 is 0 Å². The molecule has 0 radical (unpaired) electrons. The predicted molar refractivity (Wildman–Crippen MR) is 248 cm³/mol. The third-order valence-electron chi connectivity index (χ3n) is 13.4. The summed E-state index contributed by atoms with van der Waals surface area (Å²) in [4.78, 5) is 0. The number of hydrogen-bond donors (Lipinski definition) is 0. The number of aryl methyl sites for hydroxylation is 2. The van der Waals surface area contributed by atoms with E-state index < -0.39 is 0 Å². The highest BCUT2D eigenvalue weighted by atomic mass is 79.9. The molecule has 8 rings (SSSR count). The van der Waals surface area contributed by atoms with Gasteiger partial charge in [-0.3, -0.25) is 0 Å². The molecule has 2 heterocycles. The van der Waals surface area contributed by atoms with Crippen LogP contribution in [0.3, 0.4) is 0 Å². The first-order chi connectivity index (χ1) is 27.5. The lowest BCUT2D eigenvalue weighted by Crippen LogP contribution is -2.16. The number of hydrogen-bond acceptors (Lipinski definition) is 0. The van der Waals surface area contributed by atoms with Gasteiger partial charge in [0.15, 0.2) is 0 Å². The summed E-state index contributed by atoms with van der Waals surface area (Å²) >= 11 is 7.58. The standard InChI is InChI=1S/C52H62Br2N2/c1-3-5-7-9-11-13-15-37-17-29-45-47-35-41(53)23-31-49(47)55(51(45)33-37)43-25-19-39(20-26-43)40-21-27-44(28-22-40)56-50-32-24-42(54)36-48(50)46-30-18-38(34-52(46)56)16-14-12-10-8-6-4-2/h19-28,31-32,35-38H,3-18,29-30,33-34H2,1-2H3. The molecule has 4 aromatic carbocycles. The molecule has 294 valence electrons. The average molecular weight is 875 g/mol. The maximum Gasteiger partial charge on any atom is 0.0535 e. The average Bonchev–Trinajstić information content (AvgIpc) is 3.71. The molecule has 4 heteroatoms. The highest BCUT2D eigenvalue weighted by Crippen LogP contribution is 2.41. The molecule has 0 fully saturated rings. The first-order valence-corrected chi connectivity index (χ1v) is 24.0. The van der Waals surface area contributed by atoms with E-state index >= 15 is 0 Å². The van der Waals surface area contributed by atoms with Crippen molar-refractivity contribution in [2.24, 2.45) is 11.8 Å². The summed E-state index contributed by atoms with van der Waals surface area (Å²) in [5.74, 6) is 1.57. The van der Waals surface area contributed by atoms with Gasteiger partial charge in [-0.05, 0) is 133 Å². The van der Waals surface area contributed by atoms with Crippen LogP contribution in [0.15, 0.2) is 93.9 Å². The van der Waals surface area contributed by atoms with Crippen molar-refractivity contribution >= 4 is 53.7 Å². The van der Waals surface area contributed by atoms with E-state index in [1.807, 2.05) is 0 Å². The van der Waals surface area contributed by atoms with Gasteiger partial charge in [0.05, 0.1) is 11.0 Å². The summed E-state index contributed by atoms with van der Waals surface area (Å²) < 4.78 is 7.53. The van der Waals surface area contributed by atoms with E-state index in [0.29, 0.717) is 0 Å². The van der Waals surface area contributed by atoms with Crippen LogP contribution in [0.2, 0.25) is 0 Å². The van der Waals surface area contributed by atoms with Crippen molar-refractivity contribution in [1.29, 1.82) is 0 Å². The summed E-state index contributed by atoms with van der Waals surface area (Å²) in [7, 11) is 0. The molecule has 2 aliphatic carbocycles. The van der Waals surface area contributed by atoms with E-state index in [0.717, 1.165) is 11.8 Å². The van der Waals surface area contributed by atoms with Gasteiger partial charge in [0, 0.05) is 42.5 Å². The zero-order valence-corrected chi connectivity index (χ0v) is 37.2. The molecular weight excluding hydrogens is 812 g/mol. The van der Waals surface area contributed by atoms with Crippen molar-refractivity contribution in [2.45, 2.75) is 142 Å². The summed E-state index contributed by atoms with van der Waals surface area (Å²) in [6.45, 7) is 4.62.